The van der Waals surface area contributed by atoms with Crippen molar-refractivity contribution >= 4 is 11.8 Å². The number of hydrogen-bond donors (Lipinski definition) is 0. The normalized spacial score (nSPS) is 33.5. The number of hydrogen-bond acceptors (Lipinski definition) is 2. The first-order valence-corrected chi connectivity index (χ1v) is 6.87. The summed E-state index contributed by atoms with van der Waals surface area (Å²) >= 11 is 2.14. The lowest BCUT2D eigenvalue weighted by atomic mass is 9.99. The highest BCUT2D eigenvalue weighted by molar-refractivity contribution is 7.99. The fourth-order valence-corrected chi connectivity index (χ4v) is 3.76. The zero-order valence-electron chi connectivity index (χ0n) is 8.67. The van der Waals surface area contributed by atoms with Crippen molar-refractivity contribution in [1.82, 2.24) is 4.90 Å². The molecule has 0 radical (unpaired) electrons. The van der Waals surface area contributed by atoms with Crippen LogP contribution in [0.1, 0.15) is 39.0 Å². The Morgan fingerprint density at radius 1 is 1.08 bits per heavy atom. The monoisotopic (exact) mass is 199 g/mol. The van der Waals surface area contributed by atoms with E-state index in [-0.39, 0.29) is 0 Å². The molecule has 2 aliphatic rings. The molecular weight excluding hydrogens is 178 g/mol. The van der Waals surface area contributed by atoms with Crippen LogP contribution in [-0.2, 0) is 0 Å². The van der Waals surface area contributed by atoms with Gasteiger partial charge in [-0.25, -0.2) is 0 Å². The predicted molar refractivity (Wildman–Crippen MR) is 60.4 cm³/mol. The molecule has 0 N–H and O–H groups in total. The summed E-state index contributed by atoms with van der Waals surface area (Å²) in [5, 5.41) is 0. The van der Waals surface area contributed by atoms with Gasteiger partial charge in [-0.2, -0.15) is 11.8 Å². The molecule has 2 heterocycles. The highest BCUT2D eigenvalue weighted by Crippen LogP contribution is 2.27. The fraction of sp³-hybridized carbons (Fsp3) is 1.00. The van der Waals surface area contributed by atoms with Gasteiger partial charge in [-0.3, -0.25) is 4.90 Å². The Labute approximate surface area is 86.3 Å². The molecule has 0 bridgehead atoms. The summed E-state index contributed by atoms with van der Waals surface area (Å²) in [7, 11) is 0. The van der Waals surface area contributed by atoms with Gasteiger partial charge in [0.05, 0.1) is 0 Å². The van der Waals surface area contributed by atoms with Crippen molar-refractivity contribution in [2.24, 2.45) is 0 Å². The fourth-order valence-electron chi connectivity index (χ4n) is 2.68. The molecule has 0 aromatic carbocycles. The van der Waals surface area contributed by atoms with Crippen LogP contribution < -0.4 is 0 Å². The van der Waals surface area contributed by atoms with Crippen molar-refractivity contribution < 1.29 is 0 Å². The number of thioether (sulfide) groups is 1. The summed E-state index contributed by atoms with van der Waals surface area (Å²) in [6.07, 6.45) is 7.21. The van der Waals surface area contributed by atoms with Crippen molar-refractivity contribution in [3.8, 4) is 0 Å². The maximum atomic E-state index is 2.78. The van der Waals surface area contributed by atoms with Crippen molar-refractivity contribution in [2.75, 3.05) is 18.1 Å². The standard InChI is InChI=1S/C11H21NS/c1-10-4-2-3-7-12(10)11-5-8-13-9-6-11/h10-11H,2-9H2,1H3. The quantitative estimate of drug-likeness (QED) is 0.639. The predicted octanol–water partition coefficient (Wildman–Crippen LogP) is 2.76. The molecule has 13 heavy (non-hydrogen) atoms. The van der Waals surface area contributed by atoms with Crippen LogP contribution >= 0.6 is 11.8 Å². The Morgan fingerprint density at radius 2 is 1.85 bits per heavy atom. The number of likely N-dealkylation sites (tertiary alicyclic amines) is 1. The zero-order valence-corrected chi connectivity index (χ0v) is 9.48. The Bertz CT molecular complexity index is 154. The van der Waals surface area contributed by atoms with Crippen molar-refractivity contribution in [3.63, 3.8) is 0 Å². The molecule has 2 saturated heterocycles. The highest BCUT2D eigenvalue weighted by Gasteiger charge is 2.26. The summed E-state index contributed by atoms with van der Waals surface area (Å²) in [4.78, 5) is 2.78. The average Bonchev–Trinajstić information content (AvgIpc) is 2.20. The van der Waals surface area contributed by atoms with Gasteiger partial charge in [0.1, 0.15) is 0 Å². The van der Waals surface area contributed by atoms with Gasteiger partial charge in [-0.1, -0.05) is 6.42 Å². The van der Waals surface area contributed by atoms with Gasteiger partial charge in [-0.15, -0.1) is 0 Å². The molecule has 0 aliphatic carbocycles. The van der Waals surface area contributed by atoms with Crippen LogP contribution in [0.15, 0.2) is 0 Å². The maximum Gasteiger partial charge on any atom is 0.0114 e. The Kier molecular flexibility index (Phi) is 3.56. The highest BCUT2D eigenvalue weighted by atomic mass is 32.2. The molecular formula is C11H21NS. The molecule has 0 amide bonds. The molecule has 1 unspecified atom stereocenters. The molecule has 0 aromatic rings. The second kappa shape index (κ2) is 4.70. The van der Waals surface area contributed by atoms with Crippen LogP contribution in [0, 0.1) is 0 Å². The Balaban J connectivity index is 1.88. The van der Waals surface area contributed by atoms with E-state index in [0.717, 1.165) is 12.1 Å². The lowest BCUT2D eigenvalue weighted by Gasteiger charge is -2.41. The third-order valence-electron chi connectivity index (χ3n) is 3.51. The van der Waals surface area contributed by atoms with Gasteiger partial charge in [0.2, 0.25) is 0 Å². The summed E-state index contributed by atoms with van der Waals surface area (Å²) < 4.78 is 0. The van der Waals surface area contributed by atoms with Crippen LogP contribution in [0.3, 0.4) is 0 Å². The lowest BCUT2D eigenvalue weighted by Crippen LogP contribution is -2.46. The van der Waals surface area contributed by atoms with E-state index in [2.05, 4.69) is 23.6 Å². The summed E-state index contributed by atoms with van der Waals surface area (Å²) in [6, 6.07) is 1.79. The molecule has 0 saturated carbocycles. The van der Waals surface area contributed by atoms with Gasteiger partial charge in [-0.05, 0) is 50.7 Å². The van der Waals surface area contributed by atoms with E-state index in [9.17, 15) is 0 Å². The van der Waals surface area contributed by atoms with Crippen LogP contribution in [-0.4, -0.2) is 35.0 Å². The molecule has 0 spiro atoms. The lowest BCUT2D eigenvalue weighted by molar-refractivity contribution is 0.0994. The van der Waals surface area contributed by atoms with E-state index >= 15 is 0 Å². The van der Waals surface area contributed by atoms with E-state index < -0.39 is 0 Å². The summed E-state index contributed by atoms with van der Waals surface area (Å²) in [5.74, 6) is 2.79. The van der Waals surface area contributed by atoms with E-state index in [0.29, 0.717) is 0 Å². The first-order valence-electron chi connectivity index (χ1n) is 5.71. The smallest absolute Gasteiger partial charge is 0.0114 e. The van der Waals surface area contributed by atoms with E-state index in [1.807, 2.05) is 0 Å². The van der Waals surface area contributed by atoms with Crippen LogP contribution in [0.4, 0.5) is 0 Å². The van der Waals surface area contributed by atoms with Crippen LogP contribution in [0.2, 0.25) is 0 Å². The molecule has 0 aromatic heterocycles. The molecule has 1 atom stereocenters. The van der Waals surface area contributed by atoms with E-state index in [1.54, 1.807) is 0 Å². The van der Waals surface area contributed by atoms with Crippen LogP contribution in [0.25, 0.3) is 0 Å². The molecule has 2 rings (SSSR count). The maximum absolute atomic E-state index is 2.78. The van der Waals surface area contributed by atoms with E-state index in [1.165, 1.54) is 50.2 Å². The minimum Gasteiger partial charge on any atom is -0.298 e. The Hall–Kier alpha value is 0.310. The summed E-state index contributed by atoms with van der Waals surface area (Å²) in [5.41, 5.74) is 0. The Morgan fingerprint density at radius 3 is 2.54 bits per heavy atom. The second-order valence-corrected chi connectivity index (χ2v) is 5.65. The van der Waals surface area contributed by atoms with Gasteiger partial charge in [0, 0.05) is 12.1 Å². The van der Waals surface area contributed by atoms with Gasteiger partial charge >= 0.3 is 0 Å². The third-order valence-corrected chi connectivity index (χ3v) is 4.56. The third kappa shape index (κ3) is 2.41. The number of nitrogens with zero attached hydrogens (tertiary/aromatic N) is 1. The first kappa shape index (κ1) is 9.85. The second-order valence-electron chi connectivity index (χ2n) is 4.43. The summed E-state index contributed by atoms with van der Waals surface area (Å²) in [6.45, 7) is 3.79. The molecule has 1 nitrogen and oxygen atoms in total. The van der Waals surface area contributed by atoms with Crippen molar-refractivity contribution in [3.05, 3.63) is 0 Å². The van der Waals surface area contributed by atoms with Crippen molar-refractivity contribution in [1.29, 1.82) is 0 Å². The minimum absolute atomic E-state index is 0.863. The average molecular weight is 199 g/mol. The molecule has 2 heteroatoms. The zero-order chi connectivity index (χ0) is 9.10. The molecule has 2 fully saturated rings. The molecule has 2 aliphatic heterocycles. The first-order chi connectivity index (χ1) is 6.38. The molecule has 76 valence electrons. The largest absolute Gasteiger partial charge is 0.298 e. The SMILES string of the molecule is CC1CCCCN1C1CCSCC1. The number of rotatable bonds is 1. The topological polar surface area (TPSA) is 3.24 Å². The van der Waals surface area contributed by atoms with Gasteiger partial charge in [0.25, 0.3) is 0 Å². The van der Waals surface area contributed by atoms with Gasteiger partial charge in [0.15, 0.2) is 0 Å². The number of piperidine rings is 1. The van der Waals surface area contributed by atoms with Gasteiger partial charge < -0.3 is 0 Å². The van der Waals surface area contributed by atoms with E-state index in [4.69, 9.17) is 0 Å². The van der Waals surface area contributed by atoms with Crippen LogP contribution in [0.5, 0.6) is 0 Å². The van der Waals surface area contributed by atoms with Crippen molar-refractivity contribution in [2.45, 2.75) is 51.1 Å². The minimum atomic E-state index is 0.863.